The van der Waals surface area contributed by atoms with E-state index in [1.165, 1.54) is 0 Å². The number of rotatable bonds is 3. The second-order valence-corrected chi connectivity index (χ2v) is 3.95. The van der Waals surface area contributed by atoms with Crippen LogP contribution in [0.15, 0.2) is 0 Å². The summed E-state index contributed by atoms with van der Waals surface area (Å²) >= 11 is 0. The number of hydrogen-bond acceptors (Lipinski definition) is 2. The molecule has 0 aromatic carbocycles. The Hall–Kier alpha value is -1.32. The van der Waals surface area contributed by atoms with Gasteiger partial charge in [0.1, 0.15) is 0 Å². The minimum absolute atomic E-state index is 0.0209. The summed E-state index contributed by atoms with van der Waals surface area (Å²) in [5.74, 6) is -0.0209. The van der Waals surface area contributed by atoms with Crippen molar-refractivity contribution in [1.82, 2.24) is 15.1 Å². The summed E-state index contributed by atoms with van der Waals surface area (Å²) in [4.78, 5) is 11.9. The second kappa shape index (κ2) is 4.47. The number of nitrogens with zero attached hydrogens (tertiary/aromatic N) is 2. The van der Waals surface area contributed by atoms with E-state index < -0.39 is 0 Å². The van der Waals surface area contributed by atoms with Crippen LogP contribution in [0.5, 0.6) is 0 Å². The van der Waals surface area contributed by atoms with Gasteiger partial charge in [0.25, 0.3) is 5.91 Å². The van der Waals surface area contributed by atoms with E-state index in [1.807, 2.05) is 34.7 Å². The quantitative estimate of drug-likeness (QED) is 0.821. The fourth-order valence-electron chi connectivity index (χ4n) is 1.50. The zero-order valence-corrected chi connectivity index (χ0v) is 10.1. The van der Waals surface area contributed by atoms with Gasteiger partial charge in [-0.05, 0) is 27.2 Å². The number of amides is 1. The fraction of sp³-hybridized carbons (Fsp3) is 0.636. The van der Waals surface area contributed by atoms with Crippen LogP contribution in [0.25, 0.3) is 0 Å². The lowest BCUT2D eigenvalue weighted by molar-refractivity contribution is 0.0938. The Morgan fingerprint density at radius 2 is 2.13 bits per heavy atom. The van der Waals surface area contributed by atoms with Gasteiger partial charge in [-0.1, -0.05) is 6.92 Å². The van der Waals surface area contributed by atoms with Gasteiger partial charge in [0.15, 0.2) is 0 Å². The summed E-state index contributed by atoms with van der Waals surface area (Å²) in [7, 11) is 1.85. The van der Waals surface area contributed by atoms with Crippen molar-refractivity contribution in [2.45, 2.75) is 40.2 Å². The third-order valence-corrected chi connectivity index (χ3v) is 2.73. The molecule has 1 amide bonds. The first-order valence-corrected chi connectivity index (χ1v) is 5.28. The average Bonchev–Trinajstić information content (AvgIpc) is 2.41. The predicted molar refractivity (Wildman–Crippen MR) is 59.9 cm³/mol. The number of aryl methyl sites for hydroxylation is 2. The zero-order chi connectivity index (χ0) is 11.6. The average molecular weight is 209 g/mol. The summed E-state index contributed by atoms with van der Waals surface area (Å²) < 4.78 is 1.74. The Labute approximate surface area is 90.7 Å². The van der Waals surface area contributed by atoms with Crippen molar-refractivity contribution in [2.24, 2.45) is 7.05 Å². The van der Waals surface area contributed by atoms with Crippen LogP contribution in [-0.2, 0) is 7.05 Å². The first-order chi connectivity index (χ1) is 6.97. The fourth-order valence-corrected chi connectivity index (χ4v) is 1.50. The second-order valence-electron chi connectivity index (χ2n) is 3.95. The first-order valence-electron chi connectivity index (χ1n) is 5.28. The normalized spacial score (nSPS) is 12.6. The van der Waals surface area contributed by atoms with Gasteiger partial charge in [-0.15, -0.1) is 0 Å². The Kier molecular flexibility index (Phi) is 3.50. The highest BCUT2D eigenvalue weighted by Gasteiger charge is 2.17. The summed E-state index contributed by atoms with van der Waals surface area (Å²) in [6.45, 7) is 7.82. The van der Waals surface area contributed by atoms with Crippen molar-refractivity contribution < 1.29 is 4.79 Å². The lowest BCUT2D eigenvalue weighted by Crippen LogP contribution is -2.32. The summed E-state index contributed by atoms with van der Waals surface area (Å²) in [5.41, 5.74) is 2.40. The number of nitrogens with one attached hydrogen (secondary N) is 1. The van der Waals surface area contributed by atoms with E-state index in [-0.39, 0.29) is 11.9 Å². The van der Waals surface area contributed by atoms with E-state index in [1.54, 1.807) is 4.68 Å². The highest BCUT2D eigenvalue weighted by molar-refractivity contribution is 5.96. The summed E-state index contributed by atoms with van der Waals surface area (Å²) in [6.07, 6.45) is 0.935. The molecule has 15 heavy (non-hydrogen) atoms. The van der Waals surface area contributed by atoms with E-state index in [2.05, 4.69) is 10.4 Å². The number of aromatic nitrogens is 2. The van der Waals surface area contributed by atoms with Crippen LogP contribution in [0.1, 0.15) is 42.0 Å². The maximum absolute atomic E-state index is 11.9. The van der Waals surface area contributed by atoms with Gasteiger partial charge in [-0.25, -0.2) is 0 Å². The third kappa shape index (κ3) is 2.37. The number of carbonyl (C=O) groups excluding carboxylic acids is 1. The molecule has 0 aliphatic carbocycles. The molecule has 1 atom stereocenters. The highest BCUT2D eigenvalue weighted by Crippen LogP contribution is 2.11. The van der Waals surface area contributed by atoms with E-state index in [9.17, 15) is 4.79 Å². The van der Waals surface area contributed by atoms with Crippen molar-refractivity contribution in [2.75, 3.05) is 0 Å². The molecule has 4 nitrogen and oxygen atoms in total. The van der Waals surface area contributed by atoms with E-state index >= 15 is 0 Å². The lowest BCUT2D eigenvalue weighted by atomic mass is 10.1. The standard InChI is InChI=1S/C11H19N3O/c1-6-7(2)12-11(15)10-8(3)13-14(5)9(10)4/h7H,6H2,1-5H3,(H,12,15). The molecule has 0 fully saturated rings. The molecule has 0 saturated carbocycles. The van der Waals surface area contributed by atoms with Crippen LogP contribution in [0.4, 0.5) is 0 Å². The molecule has 1 rings (SSSR count). The van der Waals surface area contributed by atoms with Crippen LogP contribution in [0, 0.1) is 13.8 Å². The van der Waals surface area contributed by atoms with Crippen LogP contribution in [0.3, 0.4) is 0 Å². The van der Waals surface area contributed by atoms with Crippen molar-refractivity contribution in [3.05, 3.63) is 17.0 Å². The van der Waals surface area contributed by atoms with Gasteiger partial charge >= 0.3 is 0 Å². The molecular weight excluding hydrogens is 190 g/mol. The summed E-state index contributed by atoms with van der Waals surface area (Å²) in [5, 5.41) is 7.17. The lowest BCUT2D eigenvalue weighted by Gasteiger charge is -2.11. The molecule has 84 valence electrons. The van der Waals surface area contributed by atoms with Crippen molar-refractivity contribution in [1.29, 1.82) is 0 Å². The molecule has 0 spiro atoms. The molecule has 4 heteroatoms. The monoisotopic (exact) mass is 209 g/mol. The van der Waals surface area contributed by atoms with Gasteiger partial charge in [-0.2, -0.15) is 5.10 Å². The largest absolute Gasteiger partial charge is 0.349 e. The molecule has 0 radical (unpaired) electrons. The topological polar surface area (TPSA) is 46.9 Å². The minimum Gasteiger partial charge on any atom is -0.349 e. The highest BCUT2D eigenvalue weighted by atomic mass is 16.1. The number of hydrogen-bond donors (Lipinski definition) is 1. The maximum Gasteiger partial charge on any atom is 0.255 e. The van der Waals surface area contributed by atoms with Gasteiger partial charge in [-0.3, -0.25) is 9.48 Å². The molecule has 1 heterocycles. The molecule has 0 bridgehead atoms. The van der Waals surface area contributed by atoms with Crippen LogP contribution in [-0.4, -0.2) is 21.7 Å². The van der Waals surface area contributed by atoms with Gasteiger partial charge in [0.2, 0.25) is 0 Å². The minimum atomic E-state index is -0.0209. The van der Waals surface area contributed by atoms with Gasteiger partial charge < -0.3 is 5.32 Å². The van der Waals surface area contributed by atoms with Crippen LogP contribution in [0.2, 0.25) is 0 Å². The van der Waals surface area contributed by atoms with Crippen molar-refractivity contribution >= 4 is 5.91 Å². The molecule has 1 aromatic heterocycles. The predicted octanol–water partition coefficient (Wildman–Crippen LogP) is 1.57. The molecule has 0 saturated heterocycles. The first kappa shape index (κ1) is 11.8. The SMILES string of the molecule is CCC(C)NC(=O)c1c(C)nn(C)c1C. The van der Waals surface area contributed by atoms with Crippen LogP contribution >= 0.6 is 0 Å². The van der Waals surface area contributed by atoms with E-state index in [4.69, 9.17) is 0 Å². The Balaban J connectivity index is 2.91. The molecule has 1 unspecified atom stereocenters. The maximum atomic E-state index is 11.9. The molecular formula is C11H19N3O. The Bertz CT molecular complexity index is 368. The molecule has 0 aliphatic heterocycles. The van der Waals surface area contributed by atoms with Crippen molar-refractivity contribution in [3.63, 3.8) is 0 Å². The number of carbonyl (C=O) groups is 1. The third-order valence-electron chi connectivity index (χ3n) is 2.73. The van der Waals surface area contributed by atoms with E-state index in [0.717, 1.165) is 17.8 Å². The summed E-state index contributed by atoms with van der Waals surface area (Å²) in [6, 6.07) is 0.205. The Morgan fingerprint density at radius 1 is 1.53 bits per heavy atom. The van der Waals surface area contributed by atoms with Crippen LogP contribution < -0.4 is 5.32 Å². The molecule has 1 N–H and O–H groups in total. The molecule has 1 aromatic rings. The van der Waals surface area contributed by atoms with E-state index in [0.29, 0.717) is 5.56 Å². The van der Waals surface area contributed by atoms with Gasteiger partial charge in [0, 0.05) is 18.8 Å². The molecule has 0 aliphatic rings. The smallest absolute Gasteiger partial charge is 0.255 e. The van der Waals surface area contributed by atoms with Gasteiger partial charge in [0.05, 0.1) is 11.3 Å². The zero-order valence-electron chi connectivity index (χ0n) is 10.1. The van der Waals surface area contributed by atoms with Crippen molar-refractivity contribution in [3.8, 4) is 0 Å². The Morgan fingerprint density at radius 3 is 2.53 bits per heavy atom.